The van der Waals surface area contributed by atoms with E-state index in [0.29, 0.717) is 18.8 Å². The summed E-state index contributed by atoms with van der Waals surface area (Å²) in [6, 6.07) is 9.29. The van der Waals surface area contributed by atoms with Crippen molar-refractivity contribution in [2.24, 2.45) is 0 Å². The van der Waals surface area contributed by atoms with Crippen molar-refractivity contribution >= 4 is 27.3 Å². The molecule has 2 aromatic carbocycles. The van der Waals surface area contributed by atoms with Crippen LogP contribution >= 0.6 is 0 Å². The zero-order valence-electron chi connectivity index (χ0n) is 18.4. The molecule has 8 heteroatoms. The van der Waals surface area contributed by atoms with Crippen LogP contribution in [0.2, 0.25) is 0 Å². The molecule has 2 aliphatic heterocycles. The van der Waals surface area contributed by atoms with E-state index in [1.165, 1.54) is 16.4 Å². The maximum Gasteiger partial charge on any atom is 0.255 e. The summed E-state index contributed by atoms with van der Waals surface area (Å²) in [6.45, 7) is 4.39. The Morgan fingerprint density at radius 2 is 1.56 bits per heavy atom. The molecule has 2 aromatic rings. The monoisotopic (exact) mass is 459 g/mol. The molecule has 0 radical (unpaired) electrons. The number of piperidine rings is 2. The van der Waals surface area contributed by atoms with Gasteiger partial charge in [-0.3, -0.25) is 4.79 Å². The largest absolute Gasteiger partial charge is 0.370 e. The van der Waals surface area contributed by atoms with Crippen LogP contribution in [0.15, 0.2) is 41.3 Å². The summed E-state index contributed by atoms with van der Waals surface area (Å²) >= 11 is 0. The number of hydrogen-bond donors (Lipinski definition) is 1. The number of halogens is 1. The first-order valence-electron chi connectivity index (χ1n) is 11.3. The second-order valence-electron chi connectivity index (χ2n) is 8.63. The SMILES string of the molecule is Cc1ccc(F)c(NC(=O)c2ccc(N3CCCCC3)c(S(=O)(=O)N3CCCCC3)c2)c1. The van der Waals surface area contributed by atoms with Crippen LogP contribution < -0.4 is 10.2 Å². The lowest BCUT2D eigenvalue weighted by molar-refractivity contribution is 0.102. The summed E-state index contributed by atoms with van der Waals surface area (Å²) in [6.07, 6.45) is 5.86. The van der Waals surface area contributed by atoms with Gasteiger partial charge in [-0.2, -0.15) is 4.31 Å². The van der Waals surface area contributed by atoms with Crippen LogP contribution in [-0.4, -0.2) is 44.8 Å². The molecule has 2 fully saturated rings. The first-order valence-corrected chi connectivity index (χ1v) is 12.8. The molecule has 0 spiro atoms. The average molecular weight is 460 g/mol. The zero-order chi connectivity index (χ0) is 22.7. The Bertz CT molecular complexity index is 1090. The lowest BCUT2D eigenvalue weighted by atomic mass is 10.1. The zero-order valence-corrected chi connectivity index (χ0v) is 19.3. The summed E-state index contributed by atoms with van der Waals surface area (Å²) in [7, 11) is -3.75. The van der Waals surface area contributed by atoms with Gasteiger partial charge in [0.2, 0.25) is 10.0 Å². The Morgan fingerprint density at radius 1 is 0.906 bits per heavy atom. The van der Waals surface area contributed by atoms with Crippen LogP contribution in [-0.2, 0) is 10.0 Å². The van der Waals surface area contributed by atoms with Crippen LogP contribution in [0.3, 0.4) is 0 Å². The molecule has 2 heterocycles. The Morgan fingerprint density at radius 3 is 2.25 bits per heavy atom. The van der Waals surface area contributed by atoms with Crippen LogP contribution in [0.4, 0.5) is 15.8 Å². The summed E-state index contributed by atoms with van der Waals surface area (Å²) in [5.74, 6) is -1.06. The van der Waals surface area contributed by atoms with Gasteiger partial charge in [0.25, 0.3) is 5.91 Å². The number of benzene rings is 2. The van der Waals surface area contributed by atoms with Crippen molar-refractivity contribution in [3.63, 3.8) is 0 Å². The fourth-order valence-electron chi connectivity index (χ4n) is 4.43. The van der Waals surface area contributed by atoms with Crippen molar-refractivity contribution in [1.29, 1.82) is 0 Å². The van der Waals surface area contributed by atoms with Gasteiger partial charge in [0, 0.05) is 31.7 Å². The third-order valence-corrected chi connectivity index (χ3v) is 8.15. The van der Waals surface area contributed by atoms with Gasteiger partial charge in [-0.25, -0.2) is 12.8 Å². The van der Waals surface area contributed by atoms with E-state index in [4.69, 9.17) is 0 Å². The van der Waals surface area contributed by atoms with Crippen molar-refractivity contribution < 1.29 is 17.6 Å². The highest BCUT2D eigenvalue weighted by Gasteiger charge is 2.31. The van der Waals surface area contributed by atoms with Gasteiger partial charge in [0.05, 0.1) is 11.4 Å². The van der Waals surface area contributed by atoms with Crippen molar-refractivity contribution in [3.8, 4) is 0 Å². The Labute approximate surface area is 189 Å². The molecule has 0 unspecified atom stereocenters. The third kappa shape index (κ3) is 4.81. The van der Waals surface area contributed by atoms with Gasteiger partial charge in [-0.15, -0.1) is 0 Å². The molecule has 2 aliphatic rings. The fourth-order valence-corrected chi connectivity index (χ4v) is 6.19. The van der Waals surface area contributed by atoms with Gasteiger partial charge in [-0.1, -0.05) is 12.5 Å². The van der Waals surface area contributed by atoms with Crippen LogP contribution in [0.5, 0.6) is 0 Å². The molecule has 172 valence electrons. The van der Waals surface area contributed by atoms with Crippen LogP contribution in [0.1, 0.15) is 54.4 Å². The Kier molecular flexibility index (Phi) is 6.81. The van der Waals surface area contributed by atoms with E-state index in [-0.39, 0.29) is 16.1 Å². The molecular formula is C24H30FN3O3S. The molecule has 1 N–H and O–H groups in total. The van der Waals surface area contributed by atoms with E-state index in [9.17, 15) is 17.6 Å². The topological polar surface area (TPSA) is 69.7 Å². The quantitative estimate of drug-likeness (QED) is 0.712. The number of rotatable bonds is 5. The number of nitrogens with zero attached hydrogens (tertiary/aromatic N) is 2. The molecule has 2 saturated heterocycles. The third-order valence-electron chi connectivity index (χ3n) is 6.22. The highest BCUT2D eigenvalue weighted by atomic mass is 32.2. The van der Waals surface area contributed by atoms with Crippen LogP contribution in [0, 0.1) is 12.7 Å². The second kappa shape index (κ2) is 9.58. The molecule has 4 rings (SSSR count). The van der Waals surface area contributed by atoms with Crippen molar-refractivity contribution in [3.05, 3.63) is 53.3 Å². The van der Waals surface area contributed by atoms with E-state index >= 15 is 0 Å². The number of amides is 1. The average Bonchev–Trinajstić information content (AvgIpc) is 2.82. The predicted molar refractivity (Wildman–Crippen MR) is 124 cm³/mol. The maximum absolute atomic E-state index is 14.1. The summed E-state index contributed by atoms with van der Waals surface area (Å²) in [4.78, 5) is 15.2. The summed E-state index contributed by atoms with van der Waals surface area (Å²) in [5, 5.41) is 2.59. The van der Waals surface area contributed by atoms with Gasteiger partial charge < -0.3 is 10.2 Å². The van der Waals surface area contributed by atoms with Crippen molar-refractivity contribution in [2.75, 3.05) is 36.4 Å². The van der Waals surface area contributed by atoms with E-state index in [0.717, 1.165) is 57.2 Å². The summed E-state index contributed by atoms with van der Waals surface area (Å²) in [5.41, 5.74) is 1.74. The maximum atomic E-state index is 14.1. The number of hydrogen-bond acceptors (Lipinski definition) is 4. The molecule has 0 bridgehead atoms. The summed E-state index contributed by atoms with van der Waals surface area (Å²) < 4.78 is 42.8. The molecule has 1 amide bonds. The van der Waals surface area contributed by atoms with Crippen LogP contribution in [0.25, 0.3) is 0 Å². The van der Waals surface area contributed by atoms with E-state index in [2.05, 4.69) is 10.2 Å². The van der Waals surface area contributed by atoms with Gasteiger partial charge in [-0.05, 0) is 74.9 Å². The molecule has 32 heavy (non-hydrogen) atoms. The lowest BCUT2D eigenvalue weighted by Gasteiger charge is -2.33. The van der Waals surface area contributed by atoms with Gasteiger partial charge in [0.1, 0.15) is 10.7 Å². The molecular weight excluding hydrogens is 429 g/mol. The Hall–Kier alpha value is -2.45. The molecule has 6 nitrogen and oxygen atoms in total. The highest BCUT2D eigenvalue weighted by molar-refractivity contribution is 7.89. The lowest BCUT2D eigenvalue weighted by Crippen LogP contribution is -2.37. The number of nitrogens with one attached hydrogen (secondary N) is 1. The number of carbonyl (C=O) groups is 1. The predicted octanol–water partition coefficient (Wildman–Crippen LogP) is 4.55. The van der Waals surface area contributed by atoms with E-state index in [1.54, 1.807) is 24.3 Å². The van der Waals surface area contributed by atoms with Gasteiger partial charge >= 0.3 is 0 Å². The molecule has 0 aliphatic carbocycles. The Balaban J connectivity index is 1.71. The van der Waals surface area contributed by atoms with E-state index in [1.807, 2.05) is 6.92 Å². The van der Waals surface area contributed by atoms with Crippen molar-refractivity contribution in [2.45, 2.75) is 50.3 Å². The van der Waals surface area contributed by atoms with Gasteiger partial charge in [0.15, 0.2) is 0 Å². The minimum atomic E-state index is -3.75. The number of anilines is 2. The highest BCUT2D eigenvalue weighted by Crippen LogP contribution is 2.32. The molecule has 0 saturated carbocycles. The first kappa shape index (κ1) is 22.7. The minimum absolute atomic E-state index is 0.0792. The van der Waals surface area contributed by atoms with Crippen molar-refractivity contribution in [1.82, 2.24) is 4.31 Å². The molecule has 0 aromatic heterocycles. The number of sulfonamides is 1. The number of carbonyl (C=O) groups excluding carboxylic acids is 1. The second-order valence-corrected chi connectivity index (χ2v) is 10.5. The minimum Gasteiger partial charge on any atom is -0.370 e. The standard InChI is InChI=1S/C24H30FN3O3S/c1-18-8-10-20(25)21(16-18)26-24(29)19-9-11-22(27-12-4-2-5-13-27)23(17-19)32(30,31)28-14-6-3-7-15-28/h8-11,16-17H,2-7,12-15H2,1H3,(H,26,29). The first-order chi connectivity index (χ1) is 15.4. The normalized spacial score (nSPS) is 17.9. The smallest absolute Gasteiger partial charge is 0.255 e. The molecule has 0 atom stereocenters. The van der Waals surface area contributed by atoms with E-state index < -0.39 is 21.7 Å². The fraction of sp³-hybridized carbons (Fsp3) is 0.458. The number of aryl methyl sites for hydroxylation is 1.